The van der Waals surface area contributed by atoms with Crippen molar-refractivity contribution >= 4 is 34.9 Å². The predicted octanol–water partition coefficient (Wildman–Crippen LogP) is 3.02. The third kappa shape index (κ3) is 2.30. The third-order valence-corrected chi connectivity index (χ3v) is 2.36. The maximum atomic E-state index is 5.81. The normalized spacial score (nSPS) is 11.6. The molecule has 15 heavy (non-hydrogen) atoms. The van der Waals surface area contributed by atoms with Gasteiger partial charge in [0.1, 0.15) is 5.15 Å². The van der Waals surface area contributed by atoms with Crippen LogP contribution in [0, 0.1) is 0 Å². The lowest BCUT2D eigenvalue weighted by molar-refractivity contribution is 0.939. The van der Waals surface area contributed by atoms with Gasteiger partial charge in [0.25, 0.3) is 0 Å². The highest BCUT2D eigenvalue weighted by Gasteiger charge is 2.02. The summed E-state index contributed by atoms with van der Waals surface area (Å²) in [5.41, 5.74) is 1.70. The van der Waals surface area contributed by atoms with Gasteiger partial charge in [-0.25, -0.2) is 9.50 Å². The fraction of sp³-hybridized carbons (Fsp3) is 0.200. The number of nitrogens with zero attached hydrogens (tertiary/aromatic N) is 3. The lowest BCUT2D eigenvalue weighted by Gasteiger charge is -1.93. The van der Waals surface area contributed by atoms with Crippen LogP contribution in [0.5, 0.6) is 0 Å². The monoisotopic (exact) mass is 241 g/mol. The lowest BCUT2D eigenvalue weighted by atomic mass is 10.3. The van der Waals surface area contributed by atoms with Gasteiger partial charge in [-0.15, -0.1) is 11.6 Å². The molecule has 2 aromatic heterocycles. The van der Waals surface area contributed by atoms with Gasteiger partial charge < -0.3 is 0 Å². The number of halogens is 2. The number of rotatable bonds is 3. The smallest absolute Gasteiger partial charge is 0.163 e. The van der Waals surface area contributed by atoms with Gasteiger partial charge >= 0.3 is 0 Å². The minimum Gasteiger partial charge on any atom is -0.222 e. The highest BCUT2D eigenvalue weighted by Crippen LogP contribution is 2.13. The lowest BCUT2D eigenvalue weighted by Crippen LogP contribution is -1.88. The summed E-state index contributed by atoms with van der Waals surface area (Å²) in [7, 11) is 0. The second-order valence-corrected chi connectivity index (χ2v) is 3.76. The molecule has 0 spiro atoms. The van der Waals surface area contributed by atoms with Crippen molar-refractivity contribution in [2.75, 3.05) is 5.88 Å². The van der Waals surface area contributed by atoms with Gasteiger partial charge in [0.2, 0.25) is 0 Å². The molecule has 0 aromatic carbocycles. The Kier molecular flexibility index (Phi) is 3.23. The van der Waals surface area contributed by atoms with Crippen molar-refractivity contribution in [2.45, 2.75) is 6.42 Å². The van der Waals surface area contributed by atoms with Crippen molar-refractivity contribution in [1.29, 1.82) is 0 Å². The minimum atomic E-state index is 0.468. The Morgan fingerprint density at radius 1 is 1.47 bits per heavy atom. The van der Waals surface area contributed by atoms with E-state index in [-0.39, 0.29) is 0 Å². The highest BCUT2D eigenvalue weighted by molar-refractivity contribution is 6.29. The maximum absolute atomic E-state index is 5.81. The predicted molar refractivity (Wildman–Crippen MR) is 62.4 cm³/mol. The first-order valence-electron chi connectivity index (χ1n) is 4.53. The Hall–Kier alpha value is -1.06. The Labute approximate surface area is 97.3 Å². The second kappa shape index (κ2) is 4.64. The number of aromatic nitrogens is 3. The van der Waals surface area contributed by atoms with E-state index in [9.17, 15) is 0 Å². The van der Waals surface area contributed by atoms with E-state index in [0.29, 0.717) is 11.0 Å². The SMILES string of the molecule is ClCCC=Cc1cnn2ccc(Cl)nc12. The van der Waals surface area contributed by atoms with E-state index in [0.717, 1.165) is 17.6 Å². The molecule has 0 saturated carbocycles. The Morgan fingerprint density at radius 3 is 3.13 bits per heavy atom. The van der Waals surface area contributed by atoms with Gasteiger partial charge in [0.05, 0.1) is 6.20 Å². The van der Waals surface area contributed by atoms with Gasteiger partial charge in [-0.05, 0) is 12.5 Å². The van der Waals surface area contributed by atoms with Crippen LogP contribution in [0.2, 0.25) is 5.15 Å². The van der Waals surface area contributed by atoms with E-state index in [1.54, 1.807) is 23.0 Å². The fourth-order valence-electron chi connectivity index (χ4n) is 1.26. The van der Waals surface area contributed by atoms with Crippen LogP contribution in [0.1, 0.15) is 12.0 Å². The topological polar surface area (TPSA) is 30.2 Å². The van der Waals surface area contributed by atoms with Crippen molar-refractivity contribution < 1.29 is 0 Å². The van der Waals surface area contributed by atoms with Crippen molar-refractivity contribution in [3.8, 4) is 0 Å². The quantitative estimate of drug-likeness (QED) is 0.611. The molecule has 0 aliphatic heterocycles. The maximum Gasteiger partial charge on any atom is 0.163 e. The van der Waals surface area contributed by atoms with E-state index >= 15 is 0 Å². The molecular formula is C10H9Cl2N3. The van der Waals surface area contributed by atoms with E-state index in [2.05, 4.69) is 10.1 Å². The molecule has 0 unspecified atom stereocenters. The second-order valence-electron chi connectivity index (χ2n) is 3.00. The van der Waals surface area contributed by atoms with Crippen LogP contribution in [0.25, 0.3) is 11.7 Å². The van der Waals surface area contributed by atoms with E-state index in [1.807, 2.05) is 12.2 Å². The van der Waals surface area contributed by atoms with Crippen molar-refractivity contribution in [1.82, 2.24) is 14.6 Å². The van der Waals surface area contributed by atoms with Crippen LogP contribution >= 0.6 is 23.2 Å². The summed E-state index contributed by atoms with van der Waals surface area (Å²) in [5.74, 6) is 0.615. The molecule has 0 N–H and O–H groups in total. The number of hydrogen-bond donors (Lipinski definition) is 0. The van der Waals surface area contributed by atoms with Crippen molar-refractivity contribution in [3.05, 3.63) is 35.3 Å². The summed E-state index contributed by atoms with van der Waals surface area (Å²) in [6.45, 7) is 0. The molecule has 0 atom stereocenters. The molecule has 0 amide bonds. The Morgan fingerprint density at radius 2 is 2.33 bits per heavy atom. The summed E-state index contributed by atoms with van der Waals surface area (Å²) in [6, 6.07) is 1.70. The molecule has 0 aliphatic rings. The summed E-state index contributed by atoms with van der Waals surface area (Å²) in [6.07, 6.45) is 8.31. The molecule has 0 fully saturated rings. The molecule has 0 aliphatic carbocycles. The van der Waals surface area contributed by atoms with Crippen molar-refractivity contribution in [3.63, 3.8) is 0 Å². The molecule has 5 heteroatoms. The third-order valence-electron chi connectivity index (χ3n) is 1.94. The van der Waals surface area contributed by atoms with E-state index in [1.165, 1.54) is 0 Å². The van der Waals surface area contributed by atoms with Crippen LogP contribution in [0.3, 0.4) is 0 Å². The fourth-order valence-corrected chi connectivity index (χ4v) is 1.52. The van der Waals surface area contributed by atoms with Crippen LogP contribution in [-0.2, 0) is 0 Å². The van der Waals surface area contributed by atoms with Crippen LogP contribution < -0.4 is 0 Å². The standard InChI is InChI=1S/C10H9Cl2N3/c11-5-2-1-3-8-7-13-15-6-4-9(12)14-10(8)15/h1,3-4,6-7H,2,5H2. The summed E-state index contributed by atoms with van der Waals surface area (Å²) >= 11 is 11.4. The van der Waals surface area contributed by atoms with Crippen LogP contribution in [0.15, 0.2) is 24.5 Å². The molecule has 0 saturated heterocycles. The van der Waals surface area contributed by atoms with Crippen molar-refractivity contribution in [2.24, 2.45) is 0 Å². The molecule has 0 radical (unpaired) electrons. The average Bonchev–Trinajstić information content (AvgIpc) is 2.62. The van der Waals surface area contributed by atoms with Gasteiger partial charge in [-0.1, -0.05) is 23.8 Å². The first-order valence-corrected chi connectivity index (χ1v) is 5.45. The summed E-state index contributed by atoms with van der Waals surface area (Å²) in [4.78, 5) is 4.20. The zero-order valence-electron chi connectivity index (χ0n) is 7.90. The Bertz CT molecular complexity index is 490. The Balaban J connectivity index is 2.39. The first-order chi connectivity index (χ1) is 7.31. The van der Waals surface area contributed by atoms with Gasteiger partial charge in [0, 0.05) is 17.6 Å². The molecule has 78 valence electrons. The molecule has 2 rings (SSSR count). The molecule has 2 aromatic rings. The van der Waals surface area contributed by atoms with E-state index < -0.39 is 0 Å². The zero-order valence-corrected chi connectivity index (χ0v) is 9.41. The highest BCUT2D eigenvalue weighted by atomic mass is 35.5. The number of allylic oxidation sites excluding steroid dienone is 1. The molecule has 0 bridgehead atoms. The summed E-state index contributed by atoms with van der Waals surface area (Å²) < 4.78 is 1.69. The number of hydrogen-bond acceptors (Lipinski definition) is 2. The van der Waals surface area contributed by atoms with Gasteiger partial charge in [-0.2, -0.15) is 5.10 Å². The van der Waals surface area contributed by atoms with Crippen LogP contribution in [-0.4, -0.2) is 20.5 Å². The minimum absolute atomic E-state index is 0.468. The average molecular weight is 242 g/mol. The van der Waals surface area contributed by atoms with Gasteiger partial charge in [-0.3, -0.25) is 0 Å². The zero-order chi connectivity index (χ0) is 10.7. The number of fused-ring (bicyclic) bond motifs is 1. The van der Waals surface area contributed by atoms with Crippen LogP contribution in [0.4, 0.5) is 0 Å². The molecule has 3 nitrogen and oxygen atoms in total. The van der Waals surface area contributed by atoms with E-state index in [4.69, 9.17) is 23.2 Å². The number of alkyl halides is 1. The summed E-state index contributed by atoms with van der Waals surface area (Å²) in [5, 5.41) is 4.62. The largest absolute Gasteiger partial charge is 0.222 e. The molecular weight excluding hydrogens is 233 g/mol. The first kappa shape index (κ1) is 10.5. The van der Waals surface area contributed by atoms with Gasteiger partial charge in [0.15, 0.2) is 5.65 Å². The molecule has 2 heterocycles.